The van der Waals surface area contributed by atoms with Gasteiger partial charge in [0.15, 0.2) is 0 Å². The maximum absolute atomic E-state index is 5.80. The van der Waals surface area contributed by atoms with Gasteiger partial charge in [-0.15, -0.1) is 0 Å². The molecule has 5 heteroatoms. The Balaban J connectivity index is 3.34. The molecule has 0 aromatic carbocycles. The normalized spacial score (nSPS) is 12.0. The predicted octanol–water partition coefficient (Wildman–Crippen LogP) is 1.64. The Labute approximate surface area is 90.2 Å². The summed E-state index contributed by atoms with van der Waals surface area (Å²) in [5, 5.41) is 0. The quantitative estimate of drug-likeness (QED) is 0.410. The molecule has 0 aliphatic heterocycles. The van der Waals surface area contributed by atoms with Crippen molar-refractivity contribution in [3.8, 4) is 0 Å². The van der Waals surface area contributed by atoms with Crippen LogP contribution in [0.3, 0.4) is 0 Å². The third-order valence-corrected chi connectivity index (χ3v) is 42.9. The van der Waals surface area contributed by atoms with Crippen LogP contribution in [0.15, 0.2) is 0 Å². The SMILES string of the molecule is [CH3][Bi]([CH3])[O][Bi]([CH3])[O][Bi]([CH3])[CH3]. The molecule has 0 fully saturated rings. The van der Waals surface area contributed by atoms with E-state index in [1.807, 2.05) is 0 Å². The first-order valence-electron chi connectivity index (χ1n) is 2.97. The van der Waals surface area contributed by atoms with E-state index in [0.717, 1.165) is 0 Å². The molecular weight excluding hydrogens is 719 g/mol. The monoisotopic (exact) mass is 734 g/mol. The summed E-state index contributed by atoms with van der Waals surface area (Å²) in [7, 11) is 0. The van der Waals surface area contributed by atoms with Gasteiger partial charge in [0.25, 0.3) is 0 Å². The van der Waals surface area contributed by atoms with E-state index >= 15 is 0 Å². The van der Waals surface area contributed by atoms with E-state index in [1.54, 1.807) is 0 Å². The molecule has 0 aromatic heterocycles. The number of hydrogen-bond donors (Lipinski definition) is 0. The van der Waals surface area contributed by atoms with E-state index in [-0.39, 0.29) is 0 Å². The average Bonchev–Trinajstić information content (AvgIpc) is 1.58. The molecule has 62 valence electrons. The van der Waals surface area contributed by atoms with Crippen molar-refractivity contribution >= 4 is 67.0 Å². The minimum absolute atomic E-state index is 1.33. The molecule has 0 aliphatic carbocycles. The zero-order chi connectivity index (χ0) is 8.15. The van der Waals surface area contributed by atoms with Gasteiger partial charge in [0.05, 0.1) is 0 Å². The topological polar surface area (TPSA) is 18.5 Å². The maximum atomic E-state index is 5.80. The molecule has 0 saturated carbocycles. The van der Waals surface area contributed by atoms with Crippen molar-refractivity contribution in [3.05, 3.63) is 0 Å². The van der Waals surface area contributed by atoms with Gasteiger partial charge in [-0.2, -0.15) is 0 Å². The Hall–Kier alpha value is 2.57. The van der Waals surface area contributed by atoms with Crippen LogP contribution in [0.2, 0.25) is 23.2 Å². The molecule has 0 rings (SSSR count). The van der Waals surface area contributed by atoms with E-state index in [0.29, 0.717) is 0 Å². The van der Waals surface area contributed by atoms with Gasteiger partial charge in [-0.3, -0.25) is 0 Å². The summed E-state index contributed by atoms with van der Waals surface area (Å²) < 4.78 is 22.9. The Morgan fingerprint density at radius 1 is 0.700 bits per heavy atom. The van der Waals surface area contributed by atoms with Crippen molar-refractivity contribution in [2.45, 2.75) is 23.2 Å². The second kappa shape index (κ2) is 7.02. The van der Waals surface area contributed by atoms with Gasteiger partial charge in [0.2, 0.25) is 0 Å². The third-order valence-electron chi connectivity index (χ3n) is 0.557. The van der Waals surface area contributed by atoms with E-state index in [4.69, 9.17) is 1.78 Å². The van der Waals surface area contributed by atoms with Gasteiger partial charge in [-0.1, -0.05) is 0 Å². The van der Waals surface area contributed by atoms with Crippen molar-refractivity contribution in [3.63, 3.8) is 0 Å². The van der Waals surface area contributed by atoms with E-state index < -0.39 is 67.0 Å². The van der Waals surface area contributed by atoms with Crippen molar-refractivity contribution < 1.29 is 1.78 Å². The molecule has 0 atom stereocenters. The van der Waals surface area contributed by atoms with Crippen LogP contribution >= 0.6 is 0 Å². The fourth-order valence-electron chi connectivity index (χ4n) is 0.475. The van der Waals surface area contributed by atoms with Crippen LogP contribution in [0.5, 0.6) is 0 Å². The average molecular weight is 734 g/mol. The van der Waals surface area contributed by atoms with Crippen LogP contribution in [0.4, 0.5) is 0 Å². The standard InChI is InChI=1S/5CH3.3Bi.2O/h5*1H3;;;;;. The molecule has 0 radical (unpaired) electrons. The Kier molecular flexibility index (Phi) is 8.82. The first kappa shape index (κ1) is 12.6. The van der Waals surface area contributed by atoms with Crippen molar-refractivity contribution in [2.75, 3.05) is 0 Å². The number of hydrogen-bond acceptors (Lipinski definition) is 2. The molecule has 0 unspecified atom stereocenters. The van der Waals surface area contributed by atoms with E-state index in [1.165, 1.54) is 0 Å². The van der Waals surface area contributed by atoms with Crippen molar-refractivity contribution in [1.29, 1.82) is 0 Å². The molecule has 0 heterocycles. The summed E-state index contributed by atoms with van der Waals surface area (Å²) in [5.41, 5.74) is 0. The van der Waals surface area contributed by atoms with Crippen LogP contribution in [-0.2, 0) is 1.78 Å². The molecule has 0 spiro atoms. The molecule has 0 aromatic rings. The van der Waals surface area contributed by atoms with Crippen LogP contribution in [0.1, 0.15) is 0 Å². The van der Waals surface area contributed by atoms with Crippen LogP contribution in [0, 0.1) is 0 Å². The second-order valence-corrected chi connectivity index (χ2v) is 30.7. The van der Waals surface area contributed by atoms with Crippen molar-refractivity contribution in [2.24, 2.45) is 0 Å². The van der Waals surface area contributed by atoms with Gasteiger partial charge in [-0.25, -0.2) is 0 Å². The Morgan fingerprint density at radius 2 is 1.00 bits per heavy atom. The zero-order valence-electron chi connectivity index (χ0n) is 7.16. The molecule has 0 saturated heterocycles. The summed E-state index contributed by atoms with van der Waals surface area (Å²) in [6.07, 6.45) is 0. The van der Waals surface area contributed by atoms with E-state index in [2.05, 4.69) is 23.2 Å². The van der Waals surface area contributed by atoms with Gasteiger partial charge in [0, 0.05) is 0 Å². The molecule has 10 heavy (non-hydrogen) atoms. The number of rotatable bonds is 4. The van der Waals surface area contributed by atoms with E-state index in [9.17, 15) is 0 Å². The van der Waals surface area contributed by atoms with Crippen LogP contribution in [-0.4, -0.2) is 67.0 Å². The first-order chi connectivity index (χ1) is 4.52. The Bertz CT molecular complexity index is 77.0. The predicted molar refractivity (Wildman–Crippen MR) is 48.8 cm³/mol. The fraction of sp³-hybridized carbons (Fsp3) is 1.00. The van der Waals surface area contributed by atoms with Gasteiger partial charge in [-0.05, 0) is 0 Å². The molecule has 0 aliphatic rings. The molecule has 2 nitrogen and oxygen atoms in total. The second-order valence-electron chi connectivity index (χ2n) is 2.23. The summed E-state index contributed by atoms with van der Waals surface area (Å²) >= 11 is -4.37. The van der Waals surface area contributed by atoms with Crippen LogP contribution in [0.25, 0.3) is 0 Å². The molecule has 0 N–H and O–H groups in total. The first-order valence-corrected chi connectivity index (χ1v) is 26.0. The zero-order valence-corrected chi connectivity index (χ0v) is 17.6. The van der Waals surface area contributed by atoms with Crippen molar-refractivity contribution in [1.82, 2.24) is 0 Å². The fourth-order valence-corrected chi connectivity index (χ4v) is 45.5. The summed E-state index contributed by atoms with van der Waals surface area (Å²) in [4.78, 5) is 0. The summed E-state index contributed by atoms with van der Waals surface area (Å²) in [5.74, 6) is 0. The Morgan fingerprint density at radius 3 is 1.20 bits per heavy atom. The summed E-state index contributed by atoms with van der Waals surface area (Å²) in [6.45, 7) is 0. The van der Waals surface area contributed by atoms with Crippen LogP contribution < -0.4 is 0 Å². The van der Waals surface area contributed by atoms with Gasteiger partial charge < -0.3 is 0 Å². The van der Waals surface area contributed by atoms with Gasteiger partial charge >= 0.3 is 92.0 Å². The third kappa shape index (κ3) is 8.66. The van der Waals surface area contributed by atoms with Gasteiger partial charge in [0.1, 0.15) is 0 Å². The summed E-state index contributed by atoms with van der Waals surface area (Å²) in [6, 6.07) is 0. The molecular formula is C5H15Bi3O2. The molecule has 0 amide bonds. The minimum atomic E-state index is -1.71. The molecule has 0 bridgehead atoms.